The van der Waals surface area contributed by atoms with E-state index in [4.69, 9.17) is 23.2 Å². The SMILES string of the molecule is CC(C)CN(c1ccc(C(=O)C(F)(F)F)cc1)S(=O)(=O)c1cc(Cl)ccc1Cl. The lowest BCUT2D eigenvalue weighted by atomic mass is 10.1. The van der Waals surface area contributed by atoms with Crippen molar-refractivity contribution in [3.8, 4) is 0 Å². The fraction of sp³-hybridized carbons (Fsp3) is 0.278. The minimum atomic E-state index is -5.01. The summed E-state index contributed by atoms with van der Waals surface area (Å²) < 4.78 is 65.1. The molecule has 0 aliphatic heterocycles. The van der Waals surface area contributed by atoms with Crippen molar-refractivity contribution in [1.29, 1.82) is 0 Å². The Morgan fingerprint density at radius 1 is 1.07 bits per heavy atom. The predicted molar refractivity (Wildman–Crippen MR) is 103 cm³/mol. The van der Waals surface area contributed by atoms with E-state index >= 15 is 0 Å². The maximum absolute atomic E-state index is 13.2. The molecule has 0 atom stereocenters. The van der Waals surface area contributed by atoms with Crippen LogP contribution in [-0.2, 0) is 10.0 Å². The second-order valence-corrected chi connectivity index (χ2v) is 9.05. The van der Waals surface area contributed by atoms with Crippen LogP contribution in [0, 0.1) is 5.92 Å². The van der Waals surface area contributed by atoms with Gasteiger partial charge in [-0.1, -0.05) is 37.0 Å². The first-order valence-electron chi connectivity index (χ1n) is 8.03. The van der Waals surface area contributed by atoms with Crippen molar-refractivity contribution in [2.24, 2.45) is 5.92 Å². The monoisotopic (exact) mass is 453 g/mol. The minimum absolute atomic E-state index is 0.0394. The lowest BCUT2D eigenvalue weighted by Gasteiger charge is -2.27. The Hall–Kier alpha value is -1.77. The number of benzene rings is 2. The Bertz CT molecular complexity index is 975. The normalized spacial score (nSPS) is 12.3. The van der Waals surface area contributed by atoms with E-state index in [1.807, 2.05) is 0 Å². The molecule has 0 aliphatic rings. The van der Waals surface area contributed by atoms with Crippen molar-refractivity contribution in [3.05, 3.63) is 58.1 Å². The van der Waals surface area contributed by atoms with Crippen LogP contribution in [0.15, 0.2) is 47.4 Å². The number of carbonyl (C=O) groups is 1. The molecule has 0 unspecified atom stereocenters. The topological polar surface area (TPSA) is 54.5 Å². The molecule has 0 bridgehead atoms. The molecule has 0 heterocycles. The molecular formula is C18H16Cl2F3NO3S. The second kappa shape index (κ2) is 8.31. The molecule has 152 valence electrons. The van der Waals surface area contributed by atoms with E-state index in [2.05, 4.69) is 0 Å². The molecule has 2 aromatic carbocycles. The highest BCUT2D eigenvalue weighted by Crippen LogP contribution is 2.32. The Labute approximate surface area is 170 Å². The molecule has 0 aromatic heterocycles. The Balaban J connectivity index is 2.52. The molecule has 0 amide bonds. The Morgan fingerprint density at radius 3 is 2.14 bits per heavy atom. The number of rotatable bonds is 6. The molecule has 0 N–H and O–H groups in total. The highest BCUT2D eigenvalue weighted by Gasteiger charge is 2.39. The summed E-state index contributed by atoms with van der Waals surface area (Å²) in [6, 6.07) is 8.16. The number of halogens is 5. The third-order valence-electron chi connectivity index (χ3n) is 3.67. The summed E-state index contributed by atoms with van der Waals surface area (Å²) >= 11 is 11.9. The summed E-state index contributed by atoms with van der Waals surface area (Å²) in [7, 11) is -4.15. The quantitative estimate of drug-likeness (QED) is 0.535. The highest BCUT2D eigenvalue weighted by atomic mass is 35.5. The van der Waals surface area contributed by atoms with Gasteiger partial charge in [0, 0.05) is 17.1 Å². The van der Waals surface area contributed by atoms with Gasteiger partial charge in [-0.15, -0.1) is 0 Å². The molecule has 10 heteroatoms. The van der Waals surface area contributed by atoms with E-state index in [0.717, 1.165) is 28.6 Å². The van der Waals surface area contributed by atoms with Gasteiger partial charge < -0.3 is 0 Å². The van der Waals surface area contributed by atoms with Gasteiger partial charge >= 0.3 is 6.18 Å². The minimum Gasteiger partial charge on any atom is -0.284 e. The van der Waals surface area contributed by atoms with E-state index in [1.165, 1.54) is 18.2 Å². The molecule has 0 saturated carbocycles. The number of nitrogens with zero attached hydrogens (tertiary/aromatic N) is 1. The average Bonchev–Trinajstić information content (AvgIpc) is 2.60. The van der Waals surface area contributed by atoms with Gasteiger partial charge in [-0.05, 0) is 48.4 Å². The maximum atomic E-state index is 13.2. The van der Waals surface area contributed by atoms with Crippen molar-refractivity contribution in [3.63, 3.8) is 0 Å². The van der Waals surface area contributed by atoms with Crippen LogP contribution in [-0.4, -0.2) is 26.9 Å². The van der Waals surface area contributed by atoms with E-state index in [9.17, 15) is 26.4 Å². The number of hydrogen-bond acceptors (Lipinski definition) is 3. The molecule has 0 fully saturated rings. The fourth-order valence-corrected chi connectivity index (χ4v) is 4.78. The molecule has 2 aromatic rings. The first kappa shape index (κ1) is 22.5. The van der Waals surface area contributed by atoms with Crippen LogP contribution in [0.5, 0.6) is 0 Å². The van der Waals surface area contributed by atoms with Crippen LogP contribution in [0.1, 0.15) is 24.2 Å². The van der Waals surface area contributed by atoms with Gasteiger partial charge in [0.05, 0.1) is 10.7 Å². The van der Waals surface area contributed by atoms with Crippen molar-refractivity contribution in [2.75, 3.05) is 10.8 Å². The van der Waals surface area contributed by atoms with Crippen molar-refractivity contribution < 1.29 is 26.4 Å². The molecular weight excluding hydrogens is 438 g/mol. The lowest BCUT2D eigenvalue weighted by Crippen LogP contribution is -2.34. The molecule has 0 saturated heterocycles. The van der Waals surface area contributed by atoms with Gasteiger partial charge in [-0.2, -0.15) is 13.2 Å². The van der Waals surface area contributed by atoms with E-state index in [0.29, 0.717) is 0 Å². The van der Waals surface area contributed by atoms with Crippen LogP contribution in [0.2, 0.25) is 10.0 Å². The standard InChI is InChI=1S/C18H16Cl2F3NO3S/c1-11(2)10-24(28(26,27)16-9-13(19)5-8-15(16)20)14-6-3-12(4-7-14)17(25)18(21,22)23/h3-9,11H,10H2,1-2H3. The number of sulfonamides is 1. The highest BCUT2D eigenvalue weighted by molar-refractivity contribution is 7.93. The van der Waals surface area contributed by atoms with Crippen LogP contribution < -0.4 is 4.31 Å². The zero-order valence-electron chi connectivity index (χ0n) is 14.8. The number of anilines is 1. The van der Waals surface area contributed by atoms with E-state index < -0.39 is 27.5 Å². The van der Waals surface area contributed by atoms with Gasteiger partial charge in [0.1, 0.15) is 4.90 Å². The summed E-state index contributed by atoms with van der Waals surface area (Å²) in [5.41, 5.74) is -0.484. The summed E-state index contributed by atoms with van der Waals surface area (Å²) in [5.74, 6) is -2.11. The molecule has 2 rings (SSSR count). The largest absolute Gasteiger partial charge is 0.454 e. The summed E-state index contributed by atoms with van der Waals surface area (Å²) in [5, 5.41) is 0.126. The fourth-order valence-electron chi connectivity index (χ4n) is 2.41. The van der Waals surface area contributed by atoms with Crippen molar-refractivity contribution in [1.82, 2.24) is 0 Å². The third-order valence-corrected chi connectivity index (χ3v) is 6.18. The molecule has 28 heavy (non-hydrogen) atoms. The molecule has 4 nitrogen and oxygen atoms in total. The summed E-state index contributed by atoms with van der Waals surface area (Å²) in [6.45, 7) is 3.60. The number of Topliss-reactive ketones (excluding diaryl/α,β-unsaturated/α-hetero) is 1. The van der Waals surface area contributed by atoms with Gasteiger partial charge in [0.2, 0.25) is 0 Å². The zero-order chi connectivity index (χ0) is 21.3. The zero-order valence-corrected chi connectivity index (χ0v) is 17.1. The number of carbonyl (C=O) groups excluding carboxylic acids is 1. The number of ketones is 1. The molecule has 0 spiro atoms. The Morgan fingerprint density at radius 2 is 1.64 bits per heavy atom. The Kier molecular flexibility index (Phi) is 6.68. The molecule has 0 aliphatic carbocycles. The summed E-state index contributed by atoms with van der Waals surface area (Å²) in [4.78, 5) is 11.1. The van der Waals surface area contributed by atoms with Crippen molar-refractivity contribution >= 4 is 44.7 Å². The van der Waals surface area contributed by atoms with Gasteiger partial charge in [-0.3, -0.25) is 9.10 Å². The third kappa shape index (κ3) is 4.98. The van der Waals surface area contributed by atoms with Gasteiger partial charge in [0.15, 0.2) is 0 Å². The first-order valence-corrected chi connectivity index (χ1v) is 10.2. The van der Waals surface area contributed by atoms with Crippen molar-refractivity contribution in [2.45, 2.75) is 24.9 Å². The summed E-state index contributed by atoms with van der Waals surface area (Å²) in [6.07, 6.45) is -5.01. The van der Waals surface area contributed by atoms with E-state index in [1.54, 1.807) is 13.8 Å². The van der Waals surface area contributed by atoms with Crippen LogP contribution in [0.25, 0.3) is 0 Å². The van der Waals surface area contributed by atoms with Gasteiger partial charge in [-0.25, -0.2) is 8.42 Å². The van der Waals surface area contributed by atoms with Crippen LogP contribution in [0.4, 0.5) is 18.9 Å². The second-order valence-electron chi connectivity index (χ2n) is 6.38. The van der Waals surface area contributed by atoms with Gasteiger partial charge in [0.25, 0.3) is 15.8 Å². The van der Waals surface area contributed by atoms with E-state index in [-0.39, 0.29) is 33.1 Å². The van der Waals surface area contributed by atoms with Crippen LogP contribution >= 0.6 is 23.2 Å². The number of hydrogen-bond donors (Lipinski definition) is 0. The number of alkyl halides is 3. The lowest BCUT2D eigenvalue weighted by molar-refractivity contribution is -0.0885. The first-order chi connectivity index (χ1) is 12.8. The smallest absolute Gasteiger partial charge is 0.284 e. The predicted octanol–water partition coefficient (Wildman–Crippen LogP) is 5.59. The molecule has 0 radical (unpaired) electrons. The van der Waals surface area contributed by atoms with Crippen LogP contribution in [0.3, 0.4) is 0 Å². The average molecular weight is 454 g/mol. The maximum Gasteiger partial charge on any atom is 0.454 e.